The van der Waals surface area contributed by atoms with E-state index in [1.54, 1.807) is 37.4 Å². The van der Waals surface area contributed by atoms with Crippen molar-refractivity contribution in [2.24, 2.45) is 0 Å². The van der Waals surface area contributed by atoms with Crippen molar-refractivity contribution in [1.82, 2.24) is 5.16 Å². The zero-order chi connectivity index (χ0) is 19.6. The number of sulfonamides is 1. The topological polar surface area (TPSA) is 99.9 Å². The van der Waals surface area contributed by atoms with E-state index in [0.717, 1.165) is 11.1 Å². The van der Waals surface area contributed by atoms with Gasteiger partial charge in [-0.15, -0.1) is 0 Å². The van der Waals surface area contributed by atoms with Gasteiger partial charge in [0.15, 0.2) is 16.3 Å². The molecule has 1 heterocycles. The van der Waals surface area contributed by atoms with Crippen molar-refractivity contribution in [1.29, 1.82) is 0 Å². The van der Waals surface area contributed by atoms with Crippen LogP contribution in [-0.2, 0) is 21.4 Å². The van der Waals surface area contributed by atoms with Crippen LogP contribution in [0.25, 0.3) is 11.0 Å². The molecule has 0 spiro atoms. The number of aryl methyl sites for hydroxylation is 1. The van der Waals surface area contributed by atoms with Crippen molar-refractivity contribution >= 4 is 26.8 Å². The first-order valence-electron chi connectivity index (χ1n) is 8.03. The number of aromatic nitrogens is 1. The lowest BCUT2D eigenvalue weighted by Gasteiger charge is -2.13. The van der Waals surface area contributed by atoms with Gasteiger partial charge in [-0.25, -0.2) is 8.42 Å². The highest BCUT2D eigenvalue weighted by atomic mass is 32.2. The molecular formula is C18H20N2O6S. The Bertz CT molecular complexity index is 1050. The zero-order valence-corrected chi connectivity index (χ0v) is 16.2. The maximum absolute atomic E-state index is 13.0. The van der Waals surface area contributed by atoms with Gasteiger partial charge in [0, 0.05) is 7.11 Å². The molecule has 3 rings (SSSR count). The Morgan fingerprint density at radius 2 is 1.78 bits per heavy atom. The molecule has 0 saturated heterocycles. The van der Waals surface area contributed by atoms with Gasteiger partial charge >= 0.3 is 0 Å². The fraction of sp³-hybridized carbons (Fsp3) is 0.278. The summed E-state index contributed by atoms with van der Waals surface area (Å²) < 4.78 is 49.2. The van der Waals surface area contributed by atoms with Crippen molar-refractivity contribution < 1.29 is 27.2 Å². The lowest BCUT2D eigenvalue weighted by atomic mass is 10.1. The Balaban J connectivity index is 2.06. The summed E-state index contributed by atoms with van der Waals surface area (Å²) in [7, 11) is 0.339. The summed E-state index contributed by atoms with van der Waals surface area (Å²) in [5.74, 6) is 0.409. The number of ether oxygens (including phenoxy) is 3. The Morgan fingerprint density at radius 1 is 1.11 bits per heavy atom. The molecule has 0 radical (unpaired) electrons. The second-order valence-electron chi connectivity index (χ2n) is 5.84. The quantitative estimate of drug-likeness (QED) is 0.659. The van der Waals surface area contributed by atoms with Crippen LogP contribution in [0.5, 0.6) is 11.5 Å². The second kappa shape index (κ2) is 7.45. The van der Waals surface area contributed by atoms with Gasteiger partial charge < -0.3 is 18.7 Å². The highest BCUT2D eigenvalue weighted by Crippen LogP contribution is 2.35. The molecule has 0 unspecified atom stereocenters. The average Bonchev–Trinajstić information content (AvgIpc) is 3.02. The van der Waals surface area contributed by atoms with Crippen LogP contribution in [0.15, 0.2) is 39.8 Å². The summed E-state index contributed by atoms with van der Waals surface area (Å²) in [6.45, 7) is 2.32. The molecule has 0 atom stereocenters. The van der Waals surface area contributed by atoms with Crippen LogP contribution in [-0.4, -0.2) is 34.9 Å². The number of nitrogens with zero attached hydrogens (tertiary/aromatic N) is 1. The SMILES string of the molecule is COCc1cc2onc(NS(=O)(=O)c3c(OC)cccc3OC)c2cc1C. The molecule has 1 N–H and O–H groups in total. The number of hydrogen-bond donors (Lipinski definition) is 1. The van der Waals surface area contributed by atoms with E-state index in [1.165, 1.54) is 14.2 Å². The van der Waals surface area contributed by atoms with Crippen molar-refractivity contribution in [2.75, 3.05) is 26.1 Å². The minimum Gasteiger partial charge on any atom is -0.495 e. The van der Waals surface area contributed by atoms with Gasteiger partial charge in [-0.05, 0) is 42.3 Å². The fourth-order valence-corrected chi connectivity index (χ4v) is 4.12. The first-order valence-corrected chi connectivity index (χ1v) is 9.51. The number of hydrogen-bond acceptors (Lipinski definition) is 7. The number of methoxy groups -OCH3 is 3. The van der Waals surface area contributed by atoms with E-state index in [-0.39, 0.29) is 22.2 Å². The van der Waals surface area contributed by atoms with Crippen LogP contribution in [0.4, 0.5) is 5.82 Å². The summed E-state index contributed by atoms with van der Waals surface area (Å²) in [5.41, 5.74) is 2.32. The molecule has 0 bridgehead atoms. The van der Waals surface area contributed by atoms with Gasteiger partial charge in [-0.2, -0.15) is 0 Å². The van der Waals surface area contributed by atoms with E-state index in [0.29, 0.717) is 17.6 Å². The minimum absolute atomic E-state index is 0.0880. The normalized spacial score (nSPS) is 11.6. The summed E-state index contributed by atoms with van der Waals surface area (Å²) >= 11 is 0. The first kappa shape index (κ1) is 19.0. The lowest BCUT2D eigenvalue weighted by Crippen LogP contribution is -2.15. The molecule has 0 aliphatic heterocycles. The van der Waals surface area contributed by atoms with Crippen molar-refractivity contribution in [3.8, 4) is 11.5 Å². The highest BCUT2D eigenvalue weighted by Gasteiger charge is 2.27. The molecule has 3 aromatic rings. The summed E-state index contributed by atoms with van der Waals surface area (Å²) in [5, 5.41) is 4.42. The van der Waals surface area contributed by atoms with Gasteiger partial charge in [0.05, 0.1) is 26.2 Å². The van der Waals surface area contributed by atoms with Crippen molar-refractivity contribution in [3.05, 3.63) is 41.5 Å². The van der Waals surface area contributed by atoms with Gasteiger partial charge in [-0.1, -0.05) is 11.2 Å². The van der Waals surface area contributed by atoms with Gasteiger partial charge in [-0.3, -0.25) is 4.72 Å². The third kappa shape index (κ3) is 3.56. The third-order valence-electron chi connectivity index (χ3n) is 4.11. The number of rotatable bonds is 7. The summed E-state index contributed by atoms with van der Waals surface area (Å²) in [6, 6.07) is 8.31. The predicted octanol–water partition coefficient (Wildman–Crippen LogP) is 3.10. The van der Waals surface area contributed by atoms with Crippen molar-refractivity contribution in [3.63, 3.8) is 0 Å². The summed E-state index contributed by atoms with van der Waals surface area (Å²) in [4.78, 5) is -0.112. The number of fused-ring (bicyclic) bond motifs is 1. The Kier molecular flexibility index (Phi) is 5.24. The molecule has 27 heavy (non-hydrogen) atoms. The van der Waals surface area contributed by atoms with E-state index in [4.69, 9.17) is 18.7 Å². The monoisotopic (exact) mass is 392 g/mol. The standard InChI is InChI=1S/C18H20N2O6S/c1-11-8-13-16(9-12(11)10-23-2)26-19-18(13)20-27(21,22)17-14(24-3)6-5-7-15(17)25-4/h5-9H,10H2,1-4H3,(H,19,20). The molecule has 8 nitrogen and oxygen atoms in total. The van der Waals surface area contributed by atoms with E-state index in [2.05, 4.69) is 9.88 Å². The number of benzene rings is 2. The molecule has 0 fully saturated rings. The average molecular weight is 392 g/mol. The maximum atomic E-state index is 13.0. The Hall–Kier alpha value is -2.78. The second-order valence-corrected chi connectivity index (χ2v) is 7.46. The van der Waals surface area contributed by atoms with Gasteiger partial charge in [0.25, 0.3) is 10.0 Å². The molecule has 0 saturated carbocycles. The lowest BCUT2D eigenvalue weighted by molar-refractivity contribution is 0.184. The molecule has 144 valence electrons. The van der Waals surface area contributed by atoms with Crippen LogP contribution in [0, 0.1) is 6.92 Å². The van der Waals surface area contributed by atoms with Crippen LogP contribution >= 0.6 is 0 Å². The largest absolute Gasteiger partial charge is 0.495 e. The Morgan fingerprint density at radius 3 is 2.37 bits per heavy atom. The third-order valence-corrected chi connectivity index (χ3v) is 5.51. The van der Waals surface area contributed by atoms with Crippen LogP contribution in [0.1, 0.15) is 11.1 Å². The van der Waals surface area contributed by atoms with Crippen LogP contribution in [0.3, 0.4) is 0 Å². The molecule has 0 aliphatic carbocycles. The molecular weight excluding hydrogens is 372 g/mol. The molecule has 0 aliphatic rings. The fourth-order valence-electron chi connectivity index (χ4n) is 2.78. The van der Waals surface area contributed by atoms with Crippen molar-refractivity contribution in [2.45, 2.75) is 18.4 Å². The van der Waals surface area contributed by atoms with E-state index >= 15 is 0 Å². The smallest absolute Gasteiger partial charge is 0.270 e. The molecule has 2 aromatic carbocycles. The first-order chi connectivity index (χ1) is 12.9. The van der Waals surface area contributed by atoms with E-state index in [9.17, 15) is 8.42 Å². The Labute approximate surface area is 157 Å². The van der Waals surface area contributed by atoms with E-state index in [1.807, 2.05) is 6.92 Å². The number of anilines is 1. The molecule has 9 heteroatoms. The van der Waals surface area contributed by atoms with Crippen LogP contribution in [0.2, 0.25) is 0 Å². The van der Waals surface area contributed by atoms with E-state index < -0.39 is 10.0 Å². The molecule has 1 aromatic heterocycles. The maximum Gasteiger partial charge on any atom is 0.270 e. The summed E-state index contributed by atoms with van der Waals surface area (Å²) in [6.07, 6.45) is 0. The van der Waals surface area contributed by atoms with Crippen LogP contribution < -0.4 is 14.2 Å². The minimum atomic E-state index is -4.04. The predicted molar refractivity (Wildman–Crippen MR) is 99.8 cm³/mol. The molecule has 0 amide bonds. The van der Waals surface area contributed by atoms with Gasteiger partial charge in [0.1, 0.15) is 11.5 Å². The number of nitrogens with one attached hydrogen (secondary N) is 1. The van der Waals surface area contributed by atoms with Gasteiger partial charge in [0.2, 0.25) is 0 Å². The highest BCUT2D eigenvalue weighted by molar-refractivity contribution is 7.93. The zero-order valence-electron chi connectivity index (χ0n) is 15.4.